The van der Waals surface area contributed by atoms with E-state index >= 15 is 0 Å². The van der Waals surface area contributed by atoms with Crippen molar-refractivity contribution in [3.8, 4) is 0 Å². The largest absolute Gasteiger partial charge is 0.366 e. The Balaban J connectivity index is 2.12. The molecule has 1 aliphatic rings. The van der Waals surface area contributed by atoms with Crippen LogP contribution >= 0.6 is 0 Å². The van der Waals surface area contributed by atoms with Gasteiger partial charge in [0.2, 0.25) is 0 Å². The molecule has 0 saturated carbocycles. The molecular formula is C14H22FN3. The highest BCUT2D eigenvalue weighted by Gasteiger charge is 2.25. The van der Waals surface area contributed by atoms with Crippen molar-refractivity contribution >= 4 is 5.69 Å². The van der Waals surface area contributed by atoms with Gasteiger partial charge in [0.15, 0.2) is 0 Å². The first-order chi connectivity index (χ1) is 8.70. The maximum Gasteiger partial charge on any atom is 0.125 e. The number of rotatable bonds is 4. The number of hydrogen-bond acceptors (Lipinski definition) is 3. The Hall–Kier alpha value is -1.13. The fourth-order valence-electron chi connectivity index (χ4n) is 2.56. The van der Waals surface area contributed by atoms with Crippen molar-refractivity contribution in [1.82, 2.24) is 10.2 Å². The maximum absolute atomic E-state index is 13.3. The molecule has 1 aliphatic heterocycles. The summed E-state index contributed by atoms with van der Waals surface area (Å²) in [6, 6.07) is 7.39. The highest BCUT2D eigenvalue weighted by molar-refractivity contribution is 5.48. The van der Waals surface area contributed by atoms with Crippen LogP contribution in [-0.2, 0) is 0 Å². The summed E-state index contributed by atoms with van der Waals surface area (Å²) in [5.74, 6) is -0.154. The number of nitrogens with one attached hydrogen (secondary N) is 1. The van der Waals surface area contributed by atoms with Crippen LogP contribution < -0.4 is 10.2 Å². The molecule has 1 saturated heterocycles. The van der Waals surface area contributed by atoms with Gasteiger partial charge in [-0.3, -0.25) is 0 Å². The first-order valence-electron chi connectivity index (χ1n) is 6.56. The highest BCUT2D eigenvalue weighted by atomic mass is 19.1. The summed E-state index contributed by atoms with van der Waals surface area (Å²) in [5, 5.41) is 3.19. The van der Waals surface area contributed by atoms with E-state index in [1.165, 1.54) is 6.07 Å². The van der Waals surface area contributed by atoms with Crippen molar-refractivity contribution in [3.63, 3.8) is 0 Å². The molecule has 1 fully saturated rings. The van der Waals surface area contributed by atoms with E-state index in [1.807, 2.05) is 13.1 Å². The Morgan fingerprint density at radius 3 is 2.94 bits per heavy atom. The van der Waals surface area contributed by atoms with Crippen molar-refractivity contribution in [2.75, 3.05) is 45.2 Å². The molecule has 3 nitrogen and oxygen atoms in total. The molecule has 2 rings (SSSR count). The molecule has 0 amide bonds. The van der Waals surface area contributed by atoms with E-state index in [4.69, 9.17) is 0 Å². The molecule has 18 heavy (non-hydrogen) atoms. The second-order valence-electron chi connectivity index (χ2n) is 4.98. The summed E-state index contributed by atoms with van der Waals surface area (Å²) < 4.78 is 13.3. The lowest BCUT2D eigenvalue weighted by atomic mass is 10.1. The molecule has 0 radical (unpaired) electrons. The SMILES string of the molecule is CNCCC1CN(C)CCN1c1cccc(F)c1. The van der Waals surface area contributed by atoms with Crippen LogP contribution in [0.15, 0.2) is 24.3 Å². The quantitative estimate of drug-likeness (QED) is 0.876. The van der Waals surface area contributed by atoms with Crippen LogP contribution in [0.25, 0.3) is 0 Å². The lowest BCUT2D eigenvalue weighted by Gasteiger charge is -2.41. The summed E-state index contributed by atoms with van der Waals surface area (Å²) in [7, 11) is 4.12. The van der Waals surface area contributed by atoms with Crippen LogP contribution in [0, 0.1) is 5.82 Å². The minimum Gasteiger partial charge on any atom is -0.366 e. The Bertz CT molecular complexity index is 383. The topological polar surface area (TPSA) is 18.5 Å². The van der Waals surface area contributed by atoms with Gasteiger partial charge in [-0.1, -0.05) is 6.07 Å². The van der Waals surface area contributed by atoms with E-state index in [2.05, 4.69) is 22.2 Å². The molecular weight excluding hydrogens is 229 g/mol. The van der Waals surface area contributed by atoms with Gasteiger partial charge in [0.1, 0.15) is 5.82 Å². The molecule has 0 aromatic heterocycles. The van der Waals surface area contributed by atoms with Crippen molar-refractivity contribution < 1.29 is 4.39 Å². The maximum atomic E-state index is 13.3. The van der Waals surface area contributed by atoms with Crippen molar-refractivity contribution in [2.24, 2.45) is 0 Å². The van der Waals surface area contributed by atoms with Crippen molar-refractivity contribution in [2.45, 2.75) is 12.5 Å². The molecule has 4 heteroatoms. The van der Waals surface area contributed by atoms with Gasteiger partial charge in [0.25, 0.3) is 0 Å². The van der Waals surface area contributed by atoms with Gasteiger partial charge in [0, 0.05) is 31.4 Å². The lowest BCUT2D eigenvalue weighted by molar-refractivity contribution is 0.260. The number of halogens is 1. The van der Waals surface area contributed by atoms with Crippen LogP contribution in [-0.4, -0.2) is 51.2 Å². The third-order valence-corrected chi connectivity index (χ3v) is 3.55. The Morgan fingerprint density at radius 1 is 1.39 bits per heavy atom. The fraction of sp³-hybridized carbons (Fsp3) is 0.571. The first-order valence-corrected chi connectivity index (χ1v) is 6.56. The van der Waals surface area contributed by atoms with Gasteiger partial charge in [-0.25, -0.2) is 4.39 Å². The summed E-state index contributed by atoms with van der Waals surface area (Å²) >= 11 is 0. The lowest BCUT2D eigenvalue weighted by Crippen LogP contribution is -2.52. The highest BCUT2D eigenvalue weighted by Crippen LogP contribution is 2.22. The summed E-state index contributed by atoms with van der Waals surface area (Å²) in [6.45, 7) is 4.03. The van der Waals surface area contributed by atoms with Gasteiger partial charge < -0.3 is 15.1 Å². The third kappa shape index (κ3) is 3.21. The number of likely N-dealkylation sites (N-methyl/N-ethyl adjacent to an activating group) is 1. The number of anilines is 1. The molecule has 1 N–H and O–H groups in total. The standard InChI is InChI=1S/C14H22FN3/c1-16-7-6-14-11-17(2)8-9-18(14)13-5-3-4-12(15)10-13/h3-5,10,14,16H,6-9,11H2,1-2H3. The predicted molar refractivity (Wildman–Crippen MR) is 73.6 cm³/mol. The summed E-state index contributed by atoms with van der Waals surface area (Å²) in [4.78, 5) is 4.68. The second-order valence-corrected chi connectivity index (χ2v) is 4.98. The van der Waals surface area contributed by atoms with Crippen LogP contribution in [0.1, 0.15) is 6.42 Å². The zero-order valence-corrected chi connectivity index (χ0v) is 11.2. The summed E-state index contributed by atoms with van der Waals surface area (Å²) in [5.41, 5.74) is 1.00. The molecule has 0 spiro atoms. The van der Waals surface area contributed by atoms with Crippen LogP contribution in [0.4, 0.5) is 10.1 Å². The average molecular weight is 251 g/mol. The Morgan fingerprint density at radius 2 is 2.22 bits per heavy atom. The predicted octanol–water partition coefficient (Wildman–Crippen LogP) is 1.56. The molecule has 1 atom stereocenters. The van der Waals surface area contributed by atoms with Gasteiger partial charge in [-0.2, -0.15) is 0 Å². The van der Waals surface area contributed by atoms with E-state index in [0.717, 1.165) is 38.3 Å². The monoisotopic (exact) mass is 251 g/mol. The number of hydrogen-bond donors (Lipinski definition) is 1. The smallest absolute Gasteiger partial charge is 0.125 e. The normalized spacial score (nSPS) is 21.3. The molecule has 1 unspecified atom stereocenters. The van der Waals surface area contributed by atoms with Gasteiger partial charge in [-0.05, 0) is 45.3 Å². The molecule has 1 aromatic rings. The van der Waals surface area contributed by atoms with Gasteiger partial charge in [0.05, 0.1) is 0 Å². The van der Waals surface area contributed by atoms with E-state index < -0.39 is 0 Å². The number of piperazine rings is 1. The Kier molecular flexibility index (Phi) is 4.55. The van der Waals surface area contributed by atoms with Crippen molar-refractivity contribution in [1.29, 1.82) is 0 Å². The number of benzene rings is 1. The fourth-order valence-corrected chi connectivity index (χ4v) is 2.56. The zero-order valence-electron chi connectivity index (χ0n) is 11.2. The first kappa shape index (κ1) is 13.3. The Labute approximate surface area is 109 Å². The van der Waals surface area contributed by atoms with Crippen LogP contribution in [0.5, 0.6) is 0 Å². The molecule has 1 aromatic carbocycles. The average Bonchev–Trinajstić information content (AvgIpc) is 2.36. The van der Waals surface area contributed by atoms with Gasteiger partial charge in [-0.15, -0.1) is 0 Å². The minimum absolute atomic E-state index is 0.154. The van der Waals surface area contributed by atoms with Crippen molar-refractivity contribution in [3.05, 3.63) is 30.1 Å². The molecule has 0 aliphatic carbocycles. The van der Waals surface area contributed by atoms with Crippen LogP contribution in [0.2, 0.25) is 0 Å². The van der Waals surface area contributed by atoms with E-state index in [0.29, 0.717) is 6.04 Å². The molecule has 100 valence electrons. The van der Waals surface area contributed by atoms with Crippen LogP contribution in [0.3, 0.4) is 0 Å². The molecule has 0 bridgehead atoms. The minimum atomic E-state index is -0.154. The second kappa shape index (κ2) is 6.16. The van der Waals surface area contributed by atoms with E-state index in [-0.39, 0.29) is 5.82 Å². The number of nitrogens with zero attached hydrogens (tertiary/aromatic N) is 2. The third-order valence-electron chi connectivity index (χ3n) is 3.55. The summed E-state index contributed by atoms with van der Waals surface area (Å²) in [6.07, 6.45) is 1.08. The van der Waals surface area contributed by atoms with E-state index in [9.17, 15) is 4.39 Å². The molecule has 1 heterocycles. The van der Waals surface area contributed by atoms with Gasteiger partial charge >= 0.3 is 0 Å². The zero-order chi connectivity index (χ0) is 13.0. The van der Waals surface area contributed by atoms with E-state index in [1.54, 1.807) is 12.1 Å².